The monoisotopic (exact) mass is 404 g/mol. The maximum atomic E-state index is 9.58. The first-order valence-corrected chi connectivity index (χ1v) is 9.55. The molecule has 3 N–H and O–H groups in total. The molecule has 0 spiro atoms. The summed E-state index contributed by atoms with van der Waals surface area (Å²) < 4.78 is 1.06. The van der Waals surface area contributed by atoms with Crippen LogP contribution in [0.4, 0.5) is 17.5 Å². The molecule has 1 aromatic carbocycles. The van der Waals surface area contributed by atoms with E-state index in [0.717, 1.165) is 27.2 Å². The van der Waals surface area contributed by atoms with Crippen LogP contribution in [0.2, 0.25) is 0 Å². The highest BCUT2D eigenvalue weighted by Gasteiger charge is 2.26. The number of aromatic nitrogens is 2. The van der Waals surface area contributed by atoms with Crippen molar-refractivity contribution in [1.29, 1.82) is 0 Å². The second-order valence-electron chi connectivity index (χ2n) is 6.99. The van der Waals surface area contributed by atoms with Gasteiger partial charge in [0.05, 0.1) is 18.3 Å². The Morgan fingerprint density at radius 3 is 2.68 bits per heavy atom. The largest absolute Gasteiger partial charge is 0.394 e. The summed E-state index contributed by atoms with van der Waals surface area (Å²) in [6.45, 7) is 6.27. The van der Waals surface area contributed by atoms with Crippen LogP contribution in [0, 0.1) is 12.8 Å². The van der Waals surface area contributed by atoms with Crippen molar-refractivity contribution in [1.82, 2.24) is 9.97 Å². The second-order valence-corrected chi connectivity index (χ2v) is 7.85. The van der Waals surface area contributed by atoms with Crippen molar-refractivity contribution in [2.75, 3.05) is 17.2 Å². The number of nitrogens with one attached hydrogen (secondary N) is 2. The highest BCUT2D eigenvalue weighted by Crippen LogP contribution is 2.40. The van der Waals surface area contributed by atoms with Crippen LogP contribution in [0.3, 0.4) is 0 Å². The molecule has 1 aromatic heterocycles. The van der Waals surface area contributed by atoms with Crippen molar-refractivity contribution in [3.05, 3.63) is 40.0 Å². The summed E-state index contributed by atoms with van der Waals surface area (Å²) >= 11 is 3.57. The minimum atomic E-state index is -0.0603. The second kappa shape index (κ2) is 7.70. The number of halogens is 1. The van der Waals surface area contributed by atoms with E-state index in [1.54, 1.807) is 0 Å². The SMILES string of the molecule is Cc1c(Br)cccc1Nc1cc(C2CC2)nc(N[C@@H](CO)C(C)C)n1. The zero-order valence-corrected chi connectivity index (χ0v) is 16.5. The molecule has 1 fully saturated rings. The maximum absolute atomic E-state index is 9.58. The van der Waals surface area contributed by atoms with Crippen molar-refractivity contribution in [2.45, 2.75) is 45.6 Å². The fourth-order valence-corrected chi connectivity index (χ4v) is 3.02. The van der Waals surface area contributed by atoms with E-state index in [1.165, 1.54) is 12.8 Å². The van der Waals surface area contributed by atoms with Crippen LogP contribution in [0.25, 0.3) is 0 Å². The molecule has 1 atom stereocenters. The molecule has 0 radical (unpaired) electrons. The van der Waals surface area contributed by atoms with Crippen molar-refractivity contribution >= 4 is 33.4 Å². The fourth-order valence-electron chi connectivity index (χ4n) is 2.65. The average molecular weight is 405 g/mol. The Morgan fingerprint density at radius 1 is 1.28 bits per heavy atom. The van der Waals surface area contributed by atoms with Crippen molar-refractivity contribution in [2.24, 2.45) is 5.92 Å². The highest BCUT2D eigenvalue weighted by molar-refractivity contribution is 9.10. The third-order valence-electron chi connectivity index (χ3n) is 4.59. The summed E-state index contributed by atoms with van der Waals surface area (Å²) in [6, 6.07) is 8.04. The molecular formula is C19H25BrN4O. The summed E-state index contributed by atoms with van der Waals surface area (Å²) in [6.07, 6.45) is 2.36. The summed E-state index contributed by atoms with van der Waals surface area (Å²) in [4.78, 5) is 9.28. The molecule has 5 nitrogen and oxygen atoms in total. The third kappa shape index (κ3) is 4.50. The van der Waals surface area contributed by atoms with E-state index in [-0.39, 0.29) is 12.6 Å². The number of rotatable bonds is 7. The van der Waals surface area contributed by atoms with Crippen LogP contribution in [-0.2, 0) is 0 Å². The molecule has 1 aliphatic rings. The van der Waals surface area contributed by atoms with Gasteiger partial charge in [-0.1, -0.05) is 35.8 Å². The Kier molecular flexibility index (Phi) is 5.59. The molecule has 0 unspecified atom stereocenters. The van der Waals surface area contributed by atoms with Crippen molar-refractivity contribution in [3.63, 3.8) is 0 Å². The van der Waals surface area contributed by atoms with Crippen LogP contribution in [0.5, 0.6) is 0 Å². The first kappa shape index (κ1) is 18.1. The number of hydrogen-bond acceptors (Lipinski definition) is 5. The van der Waals surface area contributed by atoms with Gasteiger partial charge in [0.1, 0.15) is 5.82 Å². The van der Waals surface area contributed by atoms with Gasteiger partial charge in [-0.05, 0) is 43.4 Å². The van der Waals surface area contributed by atoms with Gasteiger partial charge in [-0.25, -0.2) is 4.98 Å². The van der Waals surface area contributed by atoms with Gasteiger partial charge < -0.3 is 15.7 Å². The molecule has 0 amide bonds. The topological polar surface area (TPSA) is 70.1 Å². The Hall–Kier alpha value is -1.66. The molecule has 3 rings (SSSR count). The van der Waals surface area contributed by atoms with E-state index < -0.39 is 0 Å². The molecule has 0 saturated heterocycles. The molecule has 1 heterocycles. The first-order chi connectivity index (χ1) is 12.0. The molecule has 25 heavy (non-hydrogen) atoms. The lowest BCUT2D eigenvalue weighted by Crippen LogP contribution is -2.30. The van der Waals surface area contributed by atoms with Gasteiger partial charge >= 0.3 is 0 Å². The lowest BCUT2D eigenvalue weighted by Gasteiger charge is -2.21. The Labute approximate surface area is 157 Å². The summed E-state index contributed by atoms with van der Waals surface area (Å²) in [5, 5.41) is 16.3. The molecule has 1 aliphatic carbocycles. The van der Waals surface area contributed by atoms with Gasteiger partial charge in [0.2, 0.25) is 5.95 Å². The van der Waals surface area contributed by atoms with Crippen molar-refractivity contribution < 1.29 is 5.11 Å². The van der Waals surface area contributed by atoms with Crippen LogP contribution in [0.15, 0.2) is 28.7 Å². The molecule has 134 valence electrons. The number of benzene rings is 1. The molecular weight excluding hydrogens is 380 g/mol. The van der Waals surface area contributed by atoms with Gasteiger partial charge in [-0.3, -0.25) is 0 Å². The standard InChI is InChI=1S/C19H25BrN4O/c1-11(2)17(10-25)23-19-22-16(13-7-8-13)9-18(24-19)21-15-6-4-5-14(20)12(15)3/h4-6,9,11,13,17,25H,7-8,10H2,1-3H3,(H2,21,22,23,24)/t17-/m0/s1. The number of aliphatic hydroxyl groups excluding tert-OH is 1. The predicted molar refractivity (Wildman–Crippen MR) is 106 cm³/mol. The number of nitrogens with zero attached hydrogens (tertiary/aromatic N) is 2. The minimum absolute atomic E-state index is 0.0577. The lowest BCUT2D eigenvalue weighted by atomic mass is 10.1. The van der Waals surface area contributed by atoms with E-state index in [0.29, 0.717) is 17.8 Å². The summed E-state index contributed by atoms with van der Waals surface area (Å²) in [5.41, 5.74) is 3.22. The van der Waals surface area contributed by atoms with E-state index in [9.17, 15) is 5.11 Å². The van der Waals surface area contributed by atoms with Gasteiger partial charge in [0, 0.05) is 22.1 Å². The molecule has 1 saturated carbocycles. The zero-order chi connectivity index (χ0) is 18.0. The van der Waals surface area contributed by atoms with E-state index in [2.05, 4.69) is 57.3 Å². The predicted octanol–water partition coefficient (Wildman–Crippen LogP) is 4.60. The summed E-state index contributed by atoms with van der Waals surface area (Å²) in [5.74, 6) is 2.18. The smallest absolute Gasteiger partial charge is 0.225 e. The third-order valence-corrected chi connectivity index (χ3v) is 5.45. The van der Waals surface area contributed by atoms with Crippen LogP contribution in [0.1, 0.15) is 43.9 Å². The van der Waals surface area contributed by atoms with Gasteiger partial charge in [0.15, 0.2) is 0 Å². The van der Waals surface area contributed by atoms with E-state index in [4.69, 9.17) is 0 Å². The molecule has 2 aromatic rings. The van der Waals surface area contributed by atoms with Crippen molar-refractivity contribution in [3.8, 4) is 0 Å². The quantitative estimate of drug-likeness (QED) is 0.628. The Morgan fingerprint density at radius 2 is 2.04 bits per heavy atom. The van der Waals surface area contributed by atoms with Crippen LogP contribution < -0.4 is 10.6 Å². The first-order valence-electron chi connectivity index (χ1n) is 8.76. The molecule has 0 bridgehead atoms. The fraction of sp³-hybridized carbons (Fsp3) is 0.474. The zero-order valence-electron chi connectivity index (χ0n) is 14.9. The lowest BCUT2D eigenvalue weighted by molar-refractivity contribution is 0.248. The van der Waals surface area contributed by atoms with Gasteiger partial charge in [0.25, 0.3) is 0 Å². The number of anilines is 3. The molecule has 0 aliphatic heterocycles. The van der Waals surface area contributed by atoms with Gasteiger partial charge in [-0.2, -0.15) is 4.98 Å². The average Bonchev–Trinajstić information content (AvgIpc) is 3.41. The summed E-state index contributed by atoms with van der Waals surface area (Å²) in [7, 11) is 0. The highest BCUT2D eigenvalue weighted by atomic mass is 79.9. The van der Waals surface area contributed by atoms with Crippen LogP contribution >= 0.6 is 15.9 Å². The Balaban J connectivity index is 1.89. The van der Waals surface area contributed by atoms with Gasteiger partial charge in [-0.15, -0.1) is 0 Å². The molecule has 6 heteroatoms. The maximum Gasteiger partial charge on any atom is 0.225 e. The van der Waals surface area contributed by atoms with Crippen LogP contribution in [-0.4, -0.2) is 27.7 Å². The minimum Gasteiger partial charge on any atom is -0.394 e. The Bertz CT molecular complexity index is 746. The van der Waals surface area contributed by atoms with E-state index in [1.807, 2.05) is 24.3 Å². The number of aliphatic hydroxyl groups is 1. The van der Waals surface area contributed by atoms with E-state index >= 15 is 0 Å². The normalized spacial score (nSPS) is 15.3. The number of hydrogen-bond donors (Lipinski definition) is 3.